The summed E-state index contributed by atoms with van der Waals surface area (Å²) in [6.45, 7) is 0.470. The number of carbonyl (C=O) groups excluding carboxylic acids is 1. The molecule has 4 rings (SSSR count). The van der Waals surface area contributed by atoms with Crippen LogP contribution in [0.15, 0.2) is 42.9 Å². The summed E-state index contributed by atoms with van der Waals surface area (Å²) in [7, 11) is 1.83. The molecule has 0 saturated carbocycles. The number of hydrogen-bond donors (Lipinski definition) is 1. The van der Waals surface area contributed by atoms with E-state index in [0.29, 0.717) is 18.0 Å². The number of benzene rings is 1. The van der Waals surface area contributed by atoms with Crippen LogP contribution in [0.2, 0.25) is 0 Å². The second kappa shape index (κ2) is 7.86. The van der Waals surface area contributed by atoms with Crippen LogP contribution in [0.3, 0.4) is 0 Å². The van der Waals surface area contributed by atoms with Gasteiger partial charge in [-0.3, -0.25) is 9.48 Å². The van der Waals surface area contributed by atoms with E-state index in [1.54, 1.807) is 22.0 Å². The SMILES string of the molecule is Cn1cc(-c2cnc(N)nc2C2CCCN2C(=O)COc2ccc(F)cc2)cn1. The van der Waals surface area contributed by atoms with E-state index < -0.39 is 0 Å². The molecule has 1 saturated heterocycles. The van der Waals surface area contributed by atoms with Crippen molar-refractivity contribution in [3.05, 3.63) is 54.4 Å². The van der Waals surface area contributed by atoms with E-state index in [0.717, 1.165) is 24.0 Å². The lowest BCUT2D eigenvalue weighted by Gasteiger charge is -2.25. The fraction of sp³-hybridized carbons (Fsp3) is 0.300. The minimum Gasteiger partial charge on any atom is -0.484 e. The smallest absolute Gasteiger partial charge is 0.261 e. The zero-order chi connectivity index (χ0) is 20.4. The van der Waals surface area contributed by atoms with Gasteiger partial charge in [0.15, 0.2) is 6.61 Å². The average Bonchev–Trinajstić information content (AvgIpc) is 3.36. The van der Waals surface area contributed by atoms with Crippen molar-refractivity contribution in [1.82, 2.24) is 24.6 Å². The molecule has 3 aromatic rings. The summed E-state index contributed by atoms with van der Waals surface area (Å²) >= 11 is 0. The van der Waals surface area contributed by atoms with Gasteiger partial charge < -0.3 is 15.4 Å². The number of aryl methyl sites for hydroxylation is 1. The lowest BCUT2D eigenvalue weighted by atomic mass is 10.0. The Morgan fingerprint density at radius 1 is 1.31 bits per heavy atom. The average molecular weight is 396 g/mol. The molecular formula is C20H21FN6O2. The molecule has 1 amide bonds. The number of anilines is 1. The van der Waals surface area contributed by atoms with Crippen molar-refractivity contribution in [3.8, 4) is 16.9 Å². The van der Waals surface area contributed by atoms with Gasteiger partial charge >= 0.3 is 0 Å². The summed E-state index contributed by atoms with van der Waals surface area (Å²) in [6, 6.07) is 5.36. The van der Waals surface area contributed by atoms with E-state index in [9.17, 15) is 9.18 Å². The van der Waals surface area contributed by atoms with E-state index in [1.807, 2.05) is 13.2 Å². The quantitative estimate of drug-likeness (QED) is 0.711. The third-order valence-corrected chi connectivity index (χ3v) is 4.92. The van der Waals surface area contributed by atoms with Gasteiger partial charge in [0.05, 0.1) is 17.9 Å². The topological polar surface area (TPSA) is 99.2 Å². The van der Waals surface area contributed by atoms with Gasteiger partial charge in [-0.2, -0.15) is 5.10 Å². The Kier molecular flexibility index (Phi) is 5.11. The van der Waals surface area contributed by atoms with Crippen molar-refractivity contribution in [3.63, 3.8) is 0 Å². The highest BCUT2D eigenvalue weighted by molar-refractivity contribution is 5.79. The van der Waals surface area contributed by atoms with Gasteiger partial charge in [-0.05, 0) is 37.1 Å². The maximum absolute atomic E-state index is 13.0. The fourth-order valence-electron chi connectivity index (χ4n) is 3.55. The van der Waals surface area contributed by atoms with Crippen LogP contribution in [0.1, 0.15) is 24.6 Å². The van der Waals surface area contributed by atoms with Gasteiger partial charge in [0.2, 0.25) is 5.95 Å². The highest BCUT2D eigenvalue weighted by Crippen LogP contribution is 2.36. The van der Waals surface area contributed by atoms with E-state index >= 15 is 0 Å². The van der Waals surface area contributed by atoms with Crippen molar-refractivity contribution < 1.29 is 13.9 Å². The number of amides is 1. The molecule has 1 aliphatic heterocycles. The van der Waals surface area contributed by atoms with Crippen LogP contribution in [0, 0.1) is 5.82 Å². The van der Waals surface area contributed by atoms with Crippen LogP contribution in [0.4, 0.5) is 10.3 Å². The monoisotopic (exact) mass is 396 g/mol. The molecule has 0 aliphatic carbocycles. The van der Waals surface area contributed by atoms with Crippen molar-refractivity contribution in [2.24, 2.45) is 7.05 Å². The Labute approximate surface area is 167 Å². The highest BCUT2D eigenvalue weighted by Gasteiger charge is 2.33. The number of hydrogen-bond acceptors (Lipinski definition) is 6. The molecule has 150 valence electrons. The predicted octanol–water partition coefficient (Wildman–Crippen LogP) is 2.34. The van der Waals surface area contributed by atoms with Gasteiger partial charge in [-0.25, -0.2) is 14.4 Å². The van der Waals surface area contributed by atoms with Crippen LogP contribution in [0.25, 0.3) is 11.1 Å². The number of nitrogens with zero attached hydrogens (tertiary/aromatic N) is 5. The van der Waals surface area contributed by atoms with E-state index in [1.165, 1.54) is 24.3 Å². The molecule has 0 spiro atoms. The first-order valence-electron chi connectivity index (χ1n) is 9.30. The maximum atomic E-state index is 13.0. The summed E-state index contributed by atoms with van der Waals surface area (Å²) in [5, 5.41) is 4.21. The van der Waals surface area contributed by atoms with Crippen molar-refractivity contribution >= 4 is 11.9 Å². The first kappa shape index (κ1) is 18.9. The molecule has 3 heterocycles. The summed E-state index contributed by atoms with van der Waals surface area (Å²) in [5.74, 6) is 0.0889. The predicted molar refractivity (Wildman–Crippen MR) is 104 cm³/mol. The lowest BCUT2D eigenvalue weighted by Crippen LogP contribution is -2.35. The Bertz CT molecular complexity index is 1020. The molecule has 2 N–H and O–H groups in total. The zero-order valence-corrected chi connectivity index (χ0v) is 16.0. The normalized spacial score (nSPS) is 16.2. The number of nitrogens with two attached hydrogens (primary N) is 1. The summed E-state index contributed by atoms with van der Waals surface area (Å²) in [6.07, 6.45) is 6.90. The van der Waals surface area contributed by atoms with E-state index in [-0.39, 0.29) is 30.3 Å². The highest BCUT2D eigenvalue weighted by atomic mass is 19.1. The molecule has 1 aliphatic rings. The molecular weight excluding hydrogens is 375 g/mol. The largest absolute Gasteiger partial charge is 0.484 e. The van der Waals surface area contributed by atoms with Crippen molar-refractivity contribution in [2.45, 2.75) is 18.9 Å². The number of halogens is 1. The number of rotatable bonds is 5. The van der Waals surface area contributed by atoms with Crippen LogP contribution < -0.4 is 10.5 Å². The van der Waals surface area contributed by atoms with Gasteiger partial charge in [0.1, 0.15) is 11.6 Å². The Balaban J connectivity index is 1.56. The number of carbonyl (C=O) groups is 1. The van der Waals surface area contributed by atoms with Gasteiger partial charge in [0.25, 0.3) is 5.91 Å². The zero-order valence-electron chi connectivity index (χ0n) is 16.0. The Morgan fingerprint density at radius 2 is 2.10 bits per heavy atom. The summed E-state index contributed by atoms with van der Waals surface area (Å²) in [5.41, 5.74) is 8.22. The molecule has 0 radical (unpaired) electrons. The molecule has 2 aromatic heterocycles. The van der Waals surface area contributed by atoms with E-state index in [2.05, 4.69) is 15.1 Å². The number of ether oxygens (including phenoxy) is 1. The van der Waals surface area contributed by atoms with Gasteiger partial charge in [-0.15, -0.1) is 0 Å². The number of nitrogen functional groups attached to an aromatic ring is 1. The second-order valence-corrected chi connectivity index (χ2v) is 6.92. The number of likely N-dealkylation sites (tertiary alicyclic amines) is 1. The van der Waals surface area contributed by atoms with Crippen LogP contribution >= 0.6 is 0 Å². The minimum absolute atomic E-state index is 0.134. The summed E-state index contributed by atoms with van der Waals surface area (Å²) < 4.78 is 20.3. The minimum atomic E-state index is -0.354. The van der Waals surface area contributed by atoms with Gasteiger partial charge in [-0.1, -0.05) is 0 Å². The van der Waals surface area contributed by atoms with Gasteiger partial charge in [0, 0.05) is 37.1 Å². The molecule has 0 bridgehead atoms. The molecule has 1 fully saturated rings. The Morgan fingerprint density at radius 3 is 2.83 bits per heavy atom. The van der Waals surface area contributed by atoms with Crippen LogP contribution in [0.5, 0.6) is 5.75 Å². The summed E-state index contributed by atoms with van der Waals surface area (Å²) in [4.78, 5) is 23.2. The molecule has 1 unspecified atom stereocenters. The first-order valence-corrected chi connectivity index (χ1v) is 9.30. The lowest BCUT2D eigenvalue weighted by molar-refractivity contribution is -0.134. The maximum Gasteiger partial charge on any atom is 0.261 e. The van der Waals surface area contributed by atoms with Crippen LogP contribution in [-0.4, -0.2) is 43.7 Å². The molecule has 8 nitrogen and oxygen atoms in total. The van der Waals surface area contributed by atoms with E-state index in [4.69, 9.17) is 10.5 Å². The second-order valence-electron chi connectivity index (χ2n) is 6.92. The van der Waals surface area contributed by atoms with Crippen molar-refractivity contribution in [2.75, 3.05) is 18.9 Å². The first-order chi connectivity index (χ1) is 14.0. The number of aromatic nitrogens is 4. The molecule has 29 heavy (non-hydrogen) atoms. The Hall–Kier alpha value is -3.49. The molecule has 1 atom stereocenters. The van der Waals surface area contributed by atoms with Crippen LogP contribution in [-0.2, 0) is 11.8 Å². The fourth-order valence-corrected chi connectivity index (χ4v) is 3.55. The third kappa shape index (κ3) is 4.03. The molecule has 1 aromatic carbocycles. The third-order valence-electron chi connectivity index (χ3n) is 4.92. The molecule has 9 heteroatoms. The standard InChI is InChI=1S/C20H21FN6O2/c1-26-11-13(9-24-26)16-10-23-20(22)25-19(16)17-3-2-8-27(17)18(28)12-29-15-6-4-14(21)5-7-15/h4-7,9-11,17H,2-3,8,12H2,1H3,(H2,22,23,25). The van der Waals surface area contributed by atoms with Crippen molar-refractivity contribution in [1.29, 1.82) is 0 Å².